The summed E-state index contributed by atoms with van der Waals surface area (Å²) in [5, 5.41) is 12.7. The van der Waals surface area contributed by atoms with Crippen molar-refractivity contribution in [2.75, 3.05) is 19.7 Å². The van der Waals surface area contributed by atoms with Crippen molar-refractivity contribution in [1.82, 2.24) is 10.2 Å². The second-order valence-corrected chi connectivity index (χ2v) is 5.35. The molecule has 3 heteroatoms. The average molecular weight is 242 g/mol. The maximum atomic E-state index is 9.33. The summed E-state index contributed by atoms with van der Waals surface area (Å²) >= 11 is 0. The van der Waals surface area contributed by atoms with Gasteiger partial charge in [-0.05, 0) is 45.6 Å². The van der Waals surface area contributed by atoms with Crippen LogP contribution in [0.2, 0.25) is 0 Å². The van der Waals surface area contributed by atoms with Gasteiger partial charge in [0.05, 0.1) is 6.61 Å². The third kappa shape index (κ3) is 4.57. The number of aliphatic hydroxyl groups excluding tert-OH is 1. The number of hydrogen-bond acceptors (Lipinski definition) is 3. The van der Waals surface area contributed by atoms with Gasteiger partial charge in [-0.2, -0.15) is 0 Å². The highest BCUT2D eigenvalue weighted by molar-refractivity contribution is 4.85. The van der Waals surface area contributed by atoms with Gasteiger partial charge in [-0.25, -0.2) is 0 Å². The van der Waals surface area contributed by atoms with Crippen LogP contribution in [0.1, 0.15) is 52.9 Å². The van der Waals surface area contributed by atoms with Gasteiger partial charge in [0, 0.05) is 24.7 Å². The summed E-state index contributed by atoms with van der Waals surface area (Å²) in [5.74, 6) is 0. The molecule has 1 rings (SSSR count). The first-order chi connectivity index (χ1) is 8.22. The first-order valence-electron chi connectivity index (χ1n) is 7.32. The molecule has 0 aromatic carbocycles. The lowest BCUT2D eigenvalue weighted by molar-refractivity contribution is 0.169. The second-order valence-electron chi connectivity index (χ2n) is 5.35. The predicted octanol–water partition coefficient (Wildman–Crippen LogP) is 2.00. The molecule has 3 unspecified atom stereocenters. The predicted molar refractivity (Wildman–Crippen MR) is 73.3 cm³/mol. The fourth-order valence-electron chi connectivity index (χ4n) is 2.88. The SMILES string of the molecule is CCCNC(CO)CCN1C(C)CCC1CC. The molecule has 0 saturated carbocycles. The van der Waals surface area contributed by atoms with Crippen molar-refractivity contribution in [3.05, 3.63) is 0 Å². The molecule has 1 aliphatic heterocycles. The van der Waals surface area contributed by atoms with E-state index in [0.29, 0.717) is 0 Å². The Kier molecular flexibility index (Phi) is 7.09. The zero-order valence-corrected chi connectivity index (χ0v) is 11.8. The molecule has 1 fully saturated rings. The molecular weight excluding hydrogens is 212 g/mol. The summed E-state index contributed by atoms with van der Waals surface area (Å²) in [6.45, 7) is 9.19. The van der Waals surface area contributed by atoms with Gasteiger partial charge < -0.3 is 10.4 Å². The molecule has 1 saturated heterocycles. The van der Waals surface area contributed by atoms with Crippen LogP contribution in [0.4, 0.5) is 0 Å². The summed E-state index contributed by atoms with van der Waals surface area (Å²) in [6, 6.07) is 1.78. The summed E-state index contributed by atoms with van der Waals surface area (Å²) in [6.07, 6.45) is 6.15. The summed E-state index contributed by atoms with van der Waals surface area (Å²) in [4.78, 5) is 2.64. The smallest absolute Gasteiger partial charge is 0.0585 e. The van der Waals surface area contributed by atoms with Crippen LogP contribution in [0, 0.1) is 0 Å². The van der Waals surface area contributed by atoms with E-state index in [1.165, 1.54) is 19.3 Å². The van der Waals surface area contributed by atoms with Crippen molar-refractivity contribution in [1.29, 1.82) is 0 Å². The van der Waals surface area contributed by atoms with E-state index >= 15 is 0 Å². The summed E-state index contributed by atoms with van der Waals surface area (Å²) < 4.78 is 0. The fourth-order valence-corrected chi connectivity index (χ4v) is 2.88. The van der Waals surface area contributed by atoms with Crippen LogP contribution >= 0.6 is 0 Å². The van der Waals surface area contributed by atoms with E-state index < -0.39 is 0 Å². The molecule has 1 heterocycles. The molecular formula is C14H30N2O. The first-order valence-corrected chi connectivity index (χ1v) is 7.32. The number of aliphatic hydroxyl groups is 1. The normalized spacial score (nSPS) is 27.5. The molecule has 1 aliphatic rings. The van der Waals surface area contributed by atoms with E-state index in [1.807, 2.05) is 0 Å². The molecule has 0 bridgehead atoms. The van der Waals surface area contributed by atoms with Crippen LogP contribution in [0.5, 0.6) is 0 Å². The highest BCUT2D eigenvalue weighted by Crippen LogP contribution is 2.26. The number of rotatable bonds is 8. The molecule has 0 amide bonds. The topological polar surface area (TPSA) is 35.5 Å². The standard InChI is InChI=1S/C14H30N2O/c1-4-9-15-13(11-17)8-10-16-12(3)6-7-14(16)5-2/h12-15,17H,4-11H2,1-3H3. The van der Waals surface area contributed by atoms with Crippen molar-refractivity contribution in [2.45, 2.75) is 71.0 Å². The van der Waals surface area contributed by atoms with E-state index in [1.54, 1.807) is 0 Å². The van der Waals surface area contributed by atoms with Crippen LogP contribution in [0.3, 0.4) is 0 Å². The lowest BCUT2D eigenvalue weighted by Gasteiger charge is -2.29. The van der Waals surface area contributed by atoms with E-state index in [-0.39, 0.29) is 12.6 Å². The minimum absolute atomic E-state index is 0.263. The van der Waals surface area contributed by atoms with E-state index in [9.17, 15) is 5.11 Å². The van der Waals surface area contributed by atoms with Gasteiger partial charge in [-0.1, -0.05) is 13.8 Å². The number of nitrogens with one attached hydrogen (secondary N) is 1. The quantitative estimate of drug-likeness (QED) is 0.683. The average Bonchev–Trinajstić information content (AvgIpc) is 2.70. The largest absolute Gasteiger partial charge is 0.395 e. The molecule has 0 aromatic heterocycles. The van der Waals surface area contributed by atoms with E-state index in [0.717, 1.165) is 38.0 Å². The highest BCUT2D eigenvalue weighted by Gasteiger charge is 2.28. The van der Waals surface area contributed by atoms with Crippen molar-refractivity contribution in [2.24, 2.45) is 0 Å². The molecule has 0 aliphatic carbocycles. The third-order valence-corrected chi connectivity index (χ3v) is 4.06. The van der Waals surface area contributed by atoms with Gasteiger partial charge in [0.1, 0.15) is 0 Å². The molecule has 102 valence electrons. The Labute approximate surface area is 107 Å². The second kappa shape index (κ2) is 8.06. The zero-order valence-electron chi connectivity index (χ0n) is 11.8. The van der Waals surface area contributed by atoms with E-state index in [4.69, 9.17) is 0 Å². The Morgan fingerprint density at radius 3 is 2.71 bits per heavy atom. The molecule has 0 spiro atoms. The Morgan fingerprint density at radius 2 is 2.12 bits per heavy atom. The van der Waals surface area contributed by atoms with Gasteiger partial charge in [0.25, 0.3) is 0 Å². The Hall–Kier alpha value is -0.120. The van der Waals surface area contributed by atoms with Crippen LogP contribution in [-0.2, 0) is 0 Å². The maximum Gasteiger partial charge on any atom is 0.0585 e. The van der Waals surface area contributed by atoms with Gasteiger partial charge in [0.2, 0.25) is 0 Å². The van der Waals surface area contributed by atoms with Gasteiger partial charge >= 0.3 is 0 Å². The lowest BCUT2D eigenvalue weighted by atomic mass is 10.1. The van der Waals surface area contributed by atoms with Crippen molar-refractivity contribution >= 4 is 0 Å². The summed E-state index contributed by atoms with van der Waals surface area (Å²) in [5.41, 5.74) is 0. The zero-order chi connectivity index (χ0) is 12.7. The Morgan fingerprint density at radius 1 is 1.35 bits per heavy atom. The van der Waals surface area contributed by atoms with Crippen molar-refractivity contribution in [3.63, 3.8) is 0 Å². The molecule has 0 radical (unpaired) electrons. The minimum Gasteiger partial charge on any atom is -0.395 e. The molecule has 2 N–H and O–H groups in total. The number of hydrogen-bond donors (Lipinski definition) is 2. The molecule has 17 heavy (non-hydrogen) atoms. The Balaban J connectivity index is 2.31. The molecule has 0 aromatic rings. The monoisotopic (exact) mass is 242 g/mol. The number of likely N-dealkylation sites (tertiary alicyclic amines) is 1. The summed E-state index contributed by atoms with van der Waals surface area (Å²) in [7, 11) is 0. The first kappa shape index (κ1) is 14.9. The minimum atomic E-state index is 0.263. The van der Waals surface area contributed by atoms with Gasteiger partial charge in [0.15, 0.2) is 0 Å². The highest BCUT2D eigenvalue weighted by atomic mass is 16.3. The van der Waals surface area contributed by atoms with Gasteiger partial charge in [-0.3, -0.25) is 4.90 Å². The van der Waals surface area contributed by atoms with Gasteiger partial charge in [-0.15, -0.1) is 0 Å². The molecule has 3 nitrogen and oxygen atoms in total. The van der Waals surface area contributed by atoms with Crippen molar-refractivity contribution in [3.8, 4) is 0 Å². The van der Waals surface area contributed by atoms with Crippen LogP contribution in [0.25, 0.3) is 0 Å². The van der Waals surface area contributed by atoms with E-state index in [2.05, 4.69) is 31.0 Å². The molecule has 3 atom stereocenters. The van der Waals surface area contributed by atoms with Crippen molar-refractivity contribution < 1.29 is 5.11 Å². The Bertz CT molecular complexity index is 199. The fraction of sp³-hybridized carbons (Fsp3) is 1.00. The van der Waals surface area contributed by atoms with Crippen LogP contribution in [-0.4, -0.2) is 47.8 Å². The maximum absolute atomic E-state index is 9.33. The third-order valence-electron chi connectivity index (χ3n) is 4.06. The number of nitrogens with zero attached hydrogens (tertiary/aromatic N) is 1. The van der Waals surface area contributed by atoms with Crippen LogP contribution < -0.4 is 5.32 Å². The lowest BCUT2D eigenvalue weighted by Crippen LogP contribution is -2.40. The van der Waals surface area contributed by atoms with Crippen LogP contribution in [0.15, 0.2) is 0 Å².